The van der Waals surface area contributed by atoms with E-state index in [0.29, 0.717) is 10.2 Å². The van der Waals surface area contributed by atoms with Crippen LogP contribution in [0, 0.1) is 0 Å². The summed E-state index contributed by atoms with van der Waals surface area (Å²) in [6.07, 6.45) is 0. The van der Waals surface area contributed by atoms with E-state index in [0.717, 1.165) is 0 Å². The Morgan fingerprint density at radius 2 is 2.18 bits per heavy atom. The van der Waals surface area contributed by atoms with Crippen LogP contribution in [0.1, 0.15) is 0 Å². The predicted molar refractivity (Wildman–Crippen MR) is 47.4 cm³/mol. The van der Waals surface area contributed by atoms with Gasteiger partial charge < -0.3 is 9.84 Å². The molecule has 1 aromatic rings. The Hall–Kier alpha value is -0.410. The monoisotopic (exact) mass is 236 g/mol. The Kier molecular flexibility index (Phi) is 2.62. The van der Waals surface area contributed by atoms with Gasteiger partial charge in [-0.05, 0) is 28.1 Å². The van der Waals surface area contributed by atoms with Crippen molar-refractivity contribution in [3.8, 4) is 11.5 Å². The van der Waals surface area contributed by atoms with E-state index >= 15 is 0 Å². The number of rotatable bonds is 1. The van der Waals surface area contributed by atoms with Crippen molar-refractivity contribution in [1.82, 2.24) is 0 Å². The fourth-order valence-corrected chi connectivity index (χ4v) is 1.35. The Morgan fingerprint density at radius 1 is 1.55 bits per heavy atom. The Bertz CT molecular complexity index is 275. The van der Waals surface area contributed by atoms with Gasteiger partial charge in [0.05, 0.1) is 16.6 Å². The molecule has 0 aliphatic heterocycles. The van der Waals surface area contributed by atoms with Gasteiger partial charge in [0.25, 0.3) is 0 Å². The minimum atomic E-state index is -0.0384. The molecular formula is C7H6BrClO2. The number of ether oxygens (including phenoxy) is 1. The molecule has 0 amide bonds. The van der Waals surface area contributed by atoms with Gasteiger partial charge >= 0.3 is 0 Å². The number of hydrogen-bond acceptors (Lipinski definition) is 2. The zero-order valence-corrected chi connectivity index (χ0v) is 8.11. The highest BCUT2D eigenvalue weighted by Gasteiger charge is 2.09. The third kappa shape index (κ3) is 1.60. The van der Waals surface area contributed by atoms with Crippen molar-refractivity contribution in [1.29, 1.82) is 0 Å². The lowest BCUT2D eigenvalue weighted by Crippen LogP contribution is -1.85. The van der Waals surface area contributed by atoms with E-state index in [4.69, 9.17) is 16.3 Å². The molecular weight excluding hydrogens is 231 g/mol. The second-order valence-corrected chi connectivity index (χ2v) is 3.17. The Balaban J connectivity index is 3.29. The second-order valence-electron chi connectivity index (χ2n) is 1.91. The van der Waals surface area contributed by atoms with Gasteiger partial charge in [0.2, 0.25) is 0 Å². The van der Waals surface area contributed by atoms with Gasteiger partial charge in [-0.25, -0.2) is 0 Å². The zero-order chi connectivity index (χ0) is 8.43. The molecule has 11 heavy (non-hydrogen) atoms. The summed E-state index contributed by atoms with van der Waals surface area (Å²) in [6.45, 7) is 0. The van der Waals surface area contributed by atoms with Crippen LogP contribution in [0.3, 0.4) is 0 Å². The molecule has 0 aliphatic carbocycles. The first kappa shape index (κ1) is 8.68. The number of aromatic hydroxyl groups is 1. The molecule has 1 rings (SSSR count). The van der Waals surface area contributed by atoms with Crippen LogP contribution in [0.25, 0.3) is 0 Å². The molecule has 1 aromatic carbocycles. The normalized spacial score (nSPS) is 9.73. The quantitative estimate of drug-likeness (QED) is 0.814. The van der Waals surface area contributed by atoms with Gasteiger partial charge in [-0.2, -0.15) is 0 Å². The summed E-state index contributed by atoms with van der Waals surface area (Å²) < 4.78 is 5.56. The minimum Gasteiger partial charge on any atom is -0.503 e. The molecule has 0 spiro atoms. The summed E-state index contributed by atoms with van der Waals surface area (Å²) in [6, 6.07) is 3.30. The molecule has 60 valence electrons. The third-order valence-electron chi connectivity index (χ3n) is 1.24. The molecule has 0 bridgehead atoms. The van der Waals surface area contributed by atoms with Gasteiger partial charge in [-0.15, -0.1) is 0 Å². The first-order chi connectivity index (χ1) is 5.16. The maximum atomic E-state index is 9.29. The van der Waals surface area contributed by atoms with E-state index in [-0.39, 0.29) is 10.8 Å². The van der Waals surface area contributed by atoms with Crippen LogP contribution in [0.4, 0.5) is 0 Å². The predicted octanol–water partition coefficient (Wildman–Crippen LogP) is 2.82. The average Bonchev–Trinajstić information content (AvgIpc) is 1.99. The van der Waals surface area contributed by atoms with Crippen LogP contribution >= 0.6 is 27.5 Å². The van der Waals surface area contributed by atoms with Crippen molar-refractivity contribution >= 4 is 27.5 Å². The summed E-state index contributed by atoms with van der Waals surface area (Å²) >= 11 is 8.81. The molecule has 2 nitrogen and oxygen atoms in total. The minimum absolute atomic E-state index is 0.0384. The number of hydrogen-bond donors (Lipinski definition) is 1. The van der Waals surface area contributed by atoms with Crippen LogP contribution in [0.15, 0.2) is 16.6 Å². The number of phenolic OH excluding ortho intramolecular Hbond substituents is 1. The lowest BCUT2D eigenvalue weighted by molar-refractivity contribution is 0.371. The highest BCUT2D eigenvalue weighted by atomic mass is 79.9. The number of benzene rings is 1. The summed E-state index contributed by atoms with van der Waals surface area (Å²) in [4.78, 5) is 0. The van der Waals surface area contributed by atoms with Crippen LogP contribution in [0.2, 0.25) is 5.02 Å². The summed E-state index contributed by atoms with van der Waals surface area (Å²) in [5, 5.41) is 9.57. The Labute approximate surface area is 77.9 Å². The van der Waals surface area contributed by atoms with E-state index in [2.05, 4.69) is 15.9 Å². The molecule has 0 saturated carbocycles. The molecule has 0 atom stereocenters. The molecule has 0 aliphatic rings. The van der Waals surface area contributed by atoms with Crippen molar-refractivity contribution in [3.63, 3.8) is 0 Å². The van der Waals surface area contributed by atoms with Crippen LogP contribution in [0.5, 0.6) is 11.5 Å². The first-order valence-corrected chi connectivity index (χ1v) is 4.05. The van der Waals surface area contributed by atoms with Gasteiger partial charge in [0.15, 0.2) is 11.5 Å². The fraction of sp³-hybridized carbons (Fsp3) is 0.143. The maximum Gasteiger partial charge on any atom is 0.177 e. The van der Waals surface area contributed by atoms with Gasteiger partial charge in [0.1, 0.15) is 0 Å². The molecule has 1 N–H and O–H groups in total. The summed E-state index contributed by atoms with van der Waals surface area (Å²) in [5.74, 6) is 0.320. The van der Waals surface area contributed by atoms with Crippen molar-refractivity contribution in [3.05, 3.63) is 21.6 Å². The van der Waals surface area contributed by atoms with E-state index in [1.165, 1.54) is 7.11 Å². The molecule has 4 heteroatoms. The van der Waals surface area contributed by atoms with Crippen LogP contribution in [-0.2, 0) is 0 Å². The lowest BCUT2D eigenvalue weighted by atomic mass is 10.3. The lowest BCUT2D eigenvalue weighted by Gasteiger charge is -2.05. The number of methoxy groups -OCH3 is 1. The topological polar surface area (TPSA) is 29.5 Å². The Morgan fingerprint density at radius 3 is 2.64 bits per heavy atom. The molecule has 0 heterocycles. The van der Waals surface area contributed by atoms with E-state index in [1.54, 1.807) is 12.1 Å². The molecule has 0 radical (unpaired) electrons. The zero-order valence-electron chi connectivity index (χ0n) is 5.77. The largest absolute Gasteiger partial charge is 0.503 e. The molecule has 0 saturated heterocycles. The fourth-order valence-electron chi connectivity index (χ4n) is 0.717. The van der Waals surface area contributed by atoms with Crippen molar-refractivity contribution in [2.24, 2.45) is 0 Å². The smallest absolute Gasteiger partial charge is 0.177 e. The van der Waals surface area contributed by atoms with Gasteiger partial charge in [-0.3, -0.25) is 0 Å². The summed E-state index contributed by atoms with van der Waals surface area (Å²) in [5.41, 5.74) is 0. The summed E-state index contributed by atoms with van der Waals surface area (Å²) in [7, 11) is 1.47. The molecule has 0 fully saturated rings. The number of halogens is 2. The van der Waals surface area contributed by atoms with Gasteiger partial charge in [-0.1, -0.05) is 11.6 Å². The van der Waals surface area contributed by atoms with E-state index in [1.807, 2.05) is 0 Å². The molecule has 0 unspecified atom stereocenters. The van der Waals surface area contributed by atoms with Crippen molar-refractivity contribution in [2.45, 2.75) is 0 Å². The molecule has 0 aromatic heterocycles. The third-order valence-corrected chi connectivity index (χ3v) is 2.17. The SMILES string of the molecule is COc1c(Br)ccc(Cl)c1O. The van der Waals surface area contributed by atoms with Crippen LogP contribution in [-0.4, -0.2) is 12.2 Å². The van der Waals surface area contributed by atoms with Crippen LogP contribution < -0.4 is 4.74 Å². The average molecular weight is 237 g/mol. The standard InChI is InChI=1S/C7H6BrClO2/c1-11-7-4(8)2-3-5(9)6(7)10/h2-3,10H,1H3. The number of phenols is 1. The van der Waals surface area contributed by atoms with E-state index < -0.39 is 0 Å². The van der Waals surface area contributed by atoms with Gasteiger partial charge in [0, 0.05) is 0 Å². The highest BCUT2D eigenvalue weighted by Crippen LogP contribution is 2.39. The maximum absolute atomic E-state index is 9.29. The highest BCUT2D eigenvalue weighted by molar-refractivity contribution is 9.10. The van der Waals surface area contributed by atoms with Crippen molar-refractivity contribution in [2.75, 3.05) is 7.11 Å². The van der Waals surface area contributed by atoms with E-state index in [9.17, 15) is 5.11 Å². The van der Waals surface area contributed by atoms with Crippen molar-refractivity contribution < 1.29 is 9.84 Å². The second kappa shape index (κ2) is 3.32. The first-order valence-electron chi connectivity index (χ1n) is 2.87.